The summed E-state index contributed by atoms with van der Waals surface area (Å²) in [4.78, 5) is 4.66. The van der Waals surface area contributed by atoms with Gasteiger partial charge in [0.15, 0.2) is 0 Å². The molecule has 0 radical (unpaired) electrons. The standard InChI is InChI=1S/C55H37NOS/c1-5-15-38(16-6-1)25-26-39-27-28-41-36-45(30-29-40(41)35-39)56(44-21-11-4-12-22-44)46-31-32-47-49(37-46)55(42-17-7-2-8-18-42,43-19-9-3-10-20-43)48-33-34-52-54(53(47)48)57-50-23-13-14-24-51(50)58-52/h1-37H. The monoisotopic (exact) mass is 759 g/mol. The Balaban J connectivity index is 1.11. The van der Waals surface area contributed by atoms with Gasteiger partial charge >= 0.3 is 0 Å². The van der Waals surface area contributed by atoms with Crippen molar-refractivity contribution in [3.05, 3.63) is 246 Å². The van der Waals surface area contributed by atoms with Gasteiger partial charge in [-0.2, -0.15) is 0 Å². The Kier molecular flexibility index (Phi) is 8.34. The lowest BCUT2D eigenvalue weighted by atomic mass is 9.67. The summed E-state index contributed by atoms with van der Waals surface area (Å²) < 4.78 is 6.91. The van der Waals surface area contributed by atoms with Crippen LogP contribution in [0.3, 0.4) is 0 Å². The summed E-state index contributed by atoms with van der Waals surface area (Å²) in [6.45, 7) is 0. The molecule has 0 bridgehead atoms. The number of ether oxygens (including phenoxy) is 1. The molecule has 274 valence electrons. The zero-order valence-electron chi connectivity index (χ0n) is 31.6. The number of para-hydroxylation sites is 2. The summed E-state index contributed by atoms with van der Waals surface area (Å²) in [5, 5.41) is 2.39. The topological polar surface area (TPSA) is 12.5 Å². The van der Waals surface area contributed by atoms with Crippen LogP contribution in [0.5, 0.6) is 11.5 Å². The second kappa shape index (κ2) is 14.1. The van der Waals surface area contributed by atoms with E-state index in [4.69, 9.17) is 4.74 Å². The maximum Gasteiger partial charge on any atom is 0.149 e. The smallest absolute Gasteiger partial charge is 0.149 e. The van der Waals surface area contributed by atoms with Crippen molar-refractivity contribution in [1.82, 2.24) is 0 Å². The molecule has 0 aromatic heterocycles. The van der Waals surface area contributed by atoms with Crippen LogP contribution in [-0.2, 0) is 5.41 Å². The molecule has 1 aliphatic heterocycles. The molecule has 9 aromatic carbocycles. The van der Waals surface area contributed by atoms with Crippen LogP contribution >= 0.6 is 11.8 Å². The molecule has 1 heterocycles. The predicted octanol–water partition coefficient (Wildman–Crippen LogP) is 15.1. The lowest BCUT2D eigenvalue weighted by Crippen LogP contribution is -2.28. The summed E-state index contributed by atoms with van der Waals surface area (Å²) in [5.41, 5.74) is 12.3. The van der Waals surface area contributed by atoms with Crippen LogP contribution in [0.1, 0.15) is 33.4 Å². The molecule has 0 fully saturated rings. The van der Waals surface area contributed by atoms with E-state index in [0.29, 0.717) is 0 Å². The molecule has 0 spiro atoms. The first-order chi connectivity index (χ1) is 28.7. The van der Waals surface area contributed by atoms with Crippen molar-refractivity contribution >= 4 is 51.7 Å². The van der Waals surface area contributed by atoms with Crippen LogP contribution in [0.25, 0.3) is 34.1 Å². The third-order valence-electron chi connectivity index (χ3n) is 11.5. The van der Waals surface area contributed by atoms with Crippen molar-refractivity contribution in [2.75, 3.05) is 4.90 Å². The molecule has 11 rings (SSSR count). The van der Waals surface area contributed by atoms with E-state index in [1.54, 1.807) is 11.8 Å². The number of fused-ring (bicyclic) bond motifs is 7. The summed E-state index contributed by atoms with van der Waals surface area (Å²) in [6, 6.07) is 76.7. The highest BCUT2D eigenvalue weighted by molar-refractivity contribution is 7.99. The first kappa shape index (κ1) is 34.2. The van der Waals surface area contributed by atoms with Gasteiger partial charge in [0.05, 0.1) is 15.2 Å². The molecule has 0 amide bonds. The van der Waals surface area contributed by atoms with E-state index < -0.39 is 5.41 Å². The molecular formula is C55H37NOS. The number of nitrogens with zero attached hydrogens (tertiary/aromatic N) is 1. The van der Waals surface area contributed by atoms with Gasteiger partial charge in [-0.1, -0.05) is 176 Å². The fourth-order valence-corrected chi connectivity index (χ4v) is 9.92. The number of hydrogen-bond donors (Lipinski definition) is 0. The van der Waals surface area contributed by atoms with E-state index in [-0.39, 0.29) is 0 Å². The summed E-state index contributed by atoms with van der Waals surface area (Å²) >= 11 is 1.78. The molecule has 0 unspecified atom stereocenters. The Bertz CT molecular complexity index is 2960. The SMILES string of the molecule is C(=Cc1ccc2cc(N(c3ccccc3)c3ccc4c(c3)C(c3ccccc3)(c3ccccc3)c3ccc5c(c3-4)Oc3ccccc3S5)ccc2c1)c1ccccc1. The lowest BCUT2D eigenvalue weighted by Gasteiger charge is -2.35. The van der Waals surface area contributed by atoms with Crippen molar-refractivity contribution in [1.29, 1.82) is 0 Å². The second-order valence-electron chi connectivity index (χ2n) is 14.9. The Morgan fingerprint density at radius 1 is 0.431 bits per heavy atom. The Morgan fingerprint density at radius 3 is 1.79 bits per heavy atom. The maximum atomic E-state index is 6.91. The number of anilines is 3. The highest BCUT2D eigenvalue weighted by atomic mass is 32.2. The van der Waals surface area contributed by atoms with Gasteiger partial charge in [0.1, 0.15) is 11.5 Å². The number of benzene rings is 9. The van der Waals surface area contributed by atoms with E-state index in [1.807, 2.05) is 6.07 Å². The Labute approximate surface area is 343 Å². The van der Waals surface area contributed by atoms with Gasteiger partial charge in [0.2, 0.25) is 0 Å². The molecule has 0 N–H and O–H groups in total. The minimum absolute atomic E-state index is 0.599. The van der Waals surface area contributed by atoms with Crippen molar-refractivity contribution in [3.8, 4) is 22.6 Å². The first-order valence-corrected chi connectivity index (χ1v) is 20.6. The van der Waals surface area contributed by atoms with E-state index in [0.717, 1.165) is 43.9 Å². The summed E-state index contributed by atoms with van der Waals surface area (Å²) in [6.07, 6.45) is 4.36. The van der Waals surface area contributed by atoms with Crippen LogP contribution in [-0.4, -0.2) is 0 Å². The quantitative estimate of drug-likeness (QED) is 0.150. The van der Waals surface area contributed by atoms with Gasteiger partial charge < -0.3 is 9.64 Å². The summed E-state index contributed by atoms with van der Waals surface area (Å²) in [7, 11) is 0. The molecule has 0 saturated heterocycles. The highest BCUT2D eigenvalue weighted by Gasteiger charge is 2.48. The van der Waals surface area contributed by atoms with Gasteiger partial charge in [0.25, 0.3) is 0 Å². The average molecular weight is 760 g/mol. The number of rotatable bonds is 7. The third-order valence-corrected chi connectivity index (χ3v) is 12.6. The average Bonchev–Trinajstić information content (AvgIpc) is 3.60. The molecule has 3 heteroatoms. The van der Waals surface area contributed by atoms with Crippen LogP contribution < -0.4 is 9.64 Å². The molecule has 9 aromatic rings. The third kappa shape index (κ3) is 5.66. The van der Waals surface area contributed by atoms with Crippen LogP contribution in [0.2, 0.25) is 0 Å². The maximum absolute atomic E-state index is 6.91. The Hall–Kier alpha value is -7.07. The van der Waals surface area contributed by atoms with Crippen molar-refractivity contribution < 1.29 is 4.74 Å². The zero-order valence-corrected chi connectivity index (χ0v) is 32.4. The molecule has 1 aliphatic carbocycles. The van der Waals surface area contributed by atoms with E-state index in [1.165, 1.54) is 49.7 Å². The van der Waals surface area contributed by atoms with Crippen molar-refractivity contribution in [2.45, 2.75) is 15.2 Å². The van der Waals surface area contributed by atoms with E-state index >= 15 is 0 Å². The van der Waals surface area contributed by atoms with Gasteiger partial charge in [-0.05, 0) is 110 Å². The Morgan fingerprint density at radius 2 is 1.03 bits per heavy atom. The lowest BCUT2D eigenvalue weighted by molar-refractivity contribution is 0.456. The molecular weight excluding hydrogens is 723 g/mol. The highest BCUT2D eigenvalue weighted by Crippen LogP contribution is 2.63. The molecule has 2 nitrogen and oxygen atoms in total. The van der Waals surface area contributed by atoms with Crippen molar-refractivity contribution in [3.63, 3.8) is 0 Å². The predicted molar refractivity (Wildman–Crippen MR) is 242 cm³/mol. The second-order valence-corrected chi connectivity index (χ2v) is 16.0. The van der Waals surface area contributed by atoms with Gasteiger partial charge in [0, 0.05) is 22.6 Å². The minimum Gasteiger partial charge on any atom is -0.454 e. The van der Waals surface area contributed by atoms with E-state index in [9.17, 15) is 0 Å². The first-order valence-electron chi connectivity index (χ1n) is 19.7. The fraction of sp³-hybridized carbons (Fsp3) is 0.0182. The largest absolute Gasteiger partial charge is 0.454 e. The van der Waals surface area contributed by atoms with Gasteiger partial charge in [-0.25, -0.2) is 0 Å². The fourth-order valence-electron chi connectivity index (χ4n) is 8.96. The van der Waals surface area contributed by atoms with E-state index in [2.05, 4.69) is 223 Å². The van der Waals surface area contributed by atoms with Crippen LogP contribution in [0, 0.1) is 0 Å². The molecule has 58 heavy (non-hydrogen) atoms. The normalized spacial score (nSPS) is 13.3. The van der Waals surface area contributed by atoms with Gasteiger partial charge in [-0.3, -0.25) is 0 Å². The van der Waals surface area contributed by atoms with Crippen LogP contribution in [0.15, 0.2) is 222 Å². The minimum atomic E-state index is -0.599. The zero-order chi connectivity index (χ0) is 38.5. The summed E-state index contributed by atoms with van der Waals surface area (Å²) in [5.74, 6) is 1.82. The van der Waals surface area contributed by atoms with Crippen LogP contribution in [0.4, 0.5) is 17.1 Å². The molecule has 0 atom stereocenters. The van der Waals surface area contributed by atoms with Crippen molar-refractivity contribution in [2.24, 2.45) is 0 Å². The molecule has 0 saturated carbocycles. The molecule has 2 aliphatic rings. The van der Waals surface area contributed by atoms with Gasteiger partial charge in [-0.15, -0.1) is 0 Å². The number of hydrogen-bond acceptors (Lipinski definition) is 3.